The van der Waals surface area contributed by atoms with Gasteiger partial charge in [0, 0.05) is 45.2 Å². The van der Waals surface area contributed by atoms with Gasteiger partial charge in [-0.3, -0.25) is 4.79 Å². The number of carbonyl (C=O) groups excluding carboxylic acids is 1. The lowest BCUT2D eigenvalue weighted by Gasteiger charge is -2.18. The average Bonchev–Trinajstić information content (AvgIpc) is 2.13. The van der Waals surface area contributed by atoms with Crippen molar-refractivity contribution in [1.82, 2.24) is 0 Å². The Kier molecular flexibility index (Phi) is 8.51. The highest BCUT2D eigenvalue weighted by molar-refractivity contribution is 14.1. The maximum atomic E-state index is 12.0. The molecule has 0 radical (unpaired) electrons. The first-order valence-corrected chi connectivity index (χ1v) is 7.02. The van der Waals surface area contributed by atoms with E-state index < -0.39 is 30.3 Å². The molecule has 0 aliphatic carbocycles. The van der Waals surface area contributed by atoms with Crippen molar-refractivity contribution in [3.05, 3.63) is 0 Å². The van der Waals surface area contributed by atoms with Crippen LogP contribution in [0.4, 0.5) is 30.9 Å². The van der Waals surface area contributed by atoms with Crippen molar-refractivity contribution in [1.29, 1.82) is 0 Å². The minimum Gasteiger partial charge on any atom is -0.364 e. The van der Waals surface area contributed by atoms with Crippen molar-refractivity contribution >= 4 is 61.5 Å². The number of hydrogen-bond acceptors (Lipinski definition) is 5. The van der Waals surface area contributed by atoms with Crippen LogP contribution in [0.25, 0.3) is 0 Å². The van der Waals surface area contributed by atoms with E-state index >= 15 is 0 Å². The van der Waals surface area contributed by atoms with E-state index in [2.05, 4.69) is 9.92 Å². The van der Waals surface area contributed by atoms with E-state index in [1.165, 1.54) is 0 Å². The summed E-state index contributed by atoms with van der Waals surface area (Å²) in [4.78, 5) is 9.49. The highest BCUT2D eigenvalue weighted by atomic mass is 127. The second-order valence-electron chi connectivity index (χ2n) is 2.43. The van der Waals surface area contributed by atoms with Gasteiger partial charge in [-0.15, -0.1) is 0 Å². The second-order valence-corrected chi connectivity index (χ2v) is 6.25. The molecule has 0 rings (SSSR count). The predicted molar refractivity (Wildman–Crippen MR) is 64.3 cm³/mol. The summed E-state index contributed by atoms with van der Waals surface area (Å²) < 4.78 is 97.1. The SMILES string of the molecule is NC(=O)C(F)(F)I.O=S(=O)(OF)OC(F)(F)C(F)(F)I. The molecule has 16 heteroatoms. The van der Waals surface area contributed by atoms with Gasteiger partial charge in [0.05, 0.1) is 0 Å². The van der Waals surface area contributed by atoms with Crippen LogP contribution >= 0.6 is 45.2 Å². The third kappa shape index (κ3) is 9.28. The number of primary amides is 1. The Hall–Kier alpha value is 0.310. The van der Waals surface area contributed by atoms with Gasteiger partial charge in [-0.25, -0.2) is 0 Å². The van der Waals surface area contributed by atoms with Gasteiger partial charge in [0.25, 0.3) is 5.91 Å². The third-order valence-electron chi connectivity index (χ3n) is 0.893. The summed E-state index contributed by atoms with van der Waals surface area (Å²) in [5.41, 5.74) is 4.17. The first-order valence-electron chi connectivity index (χ1n) is 3.53. The lowest BCUT2D eigenvalue weighted by atomic mass is 10.7. The van der Waals surface area contributed by atoms with Crippen molar-refractivity contribution < 1.29 is 52.7 Å². The van der Waals surface area contributed by atoms with Gasteiger partial charge in [0.15, 0.2) is 0 Å². The van der Waals surface area contributed by atoms with E-state index in [0.717, 1.165) is 0 Å². The lowest BCUT2D eigenvalue weighted by Crippen LogP contribution is -2.39. The molecule has 0 bridgehead atoms. The van der Waals surface area contributed by atoms with Crippen molar-refractivity contribution in [2.45, 2.75) is 14.0 Å². The largest absolute Gasteiger partial charge is 0.444 e. The number of nitrogens with two attached hydrogens (primary N) is 1. The number of hydrogen-bond donors (Lipinski definition) is 1. The molecule has 0 fully saturated rings. The molecule has 0 spiro atoms. The fourth-order valence-electron chi connectivity index (χ4n) is 0.188. The summed E-state index contributed by atoms with van der Waals surface area (Å²) in [6, 6.07) is 0. The summed E-state index contributed by atoms with van der Waals surface area (Å²) in [5.74, 6) is -1.60. The quantitative estimate of drug-likeness (QED) is 0.315. The number of rotatable bonds is 5. The molecular weight excluding hydrogens is 561 g/mol. The van der Waals surface area contributed by atoms with Crippen LogP contribution in [0, 0.1) is 0 Å². The molecule has 0 saturated carbocycles. The maximum absolute atomic E-state index is 12.0. The smallest absolute Gasteiger partial charge is 0.364 e. The molecule has 0 aliphatic heterocycles. The average molecular weight is 563 g/mol. The predicted octanol–water partition coefficient (Wildman–Crippen LogP) is 2.27. The van der Waals surface area contributed by atoms with Crippen LogP contribution in [-0.4, -0.2) is 28.3 Å². The summed E-state index contributed by atoms with van der Waals surface area (Å²) in [5, 5.41) is 0. The van der Waals surface area contributed by atoms with E-state index in [1.807, 2.05) is 4.39 Å². The number of halogens is 9. The fourth-order valence-corrected chi connectivity index (χ4v) is 0.835. The molecule has 0 saturated heterocycles. The summed E-state index contributed by atoms with van der Waals surface area (Å²) in [6.45, 7) is 0. The van der Waals surface area contributed by atoms with Crippen LogP contribution in [-0.2, 0) is 23.8 Å². The van der Waals surface area contributed by atoms with E-state index in [1.54, 1.807) is 0 Å². The van der Waals surface area contributed by atoms with Crippen LogP contribution < -0.4 is 5.73 Å². The van der Waals surface area contributed by atoms with E-state index in [-0.39, 0.29) is 22.6 Å². The minimum absolute atomic E-state index is 0.0751. The van der Waals surface area contributed by atoms with Crippen molar-refractivity contribution in [3.8, 4) is 0 Å². The highest BCUT2D eigenvalue weighted by Gasteiger charge is 2.59. The molecule has 2 N–H and O–H groups in total. The molecular formula is C4H2F7I2NO5S. The zero-order valence-corrected chi connectivity index (χ0v) is 13.6. The summed E-state index contributed by atoms with van der Waals surface area (Å²) in [6.07, 6.45) is -5.38. The molecule has 0 aromatic carbocycles. The maximum Gasteiger partial charge on any atom is 0.444 e. The molecule has 1 amide bonds. The molecule has 122 valence electrons. The van der Waals surface area contributed by atoms with Crippen LogP contribution in [0.5, 0.6) is 0 Å². The summed E-state index contributed by atoms with van der Waals surface area (Å²) in [7, 11) is -5.76. The van der Waals surface area contributed by atoms with Crippen LogP contribution in [0.2, 0.25) is 0 Å². The Morgan fingerprint density at radius 1 is 1.05 bits per heavy atom. The van der Waals surface area contributed by atoms with Crippen molar-refractivity contribution in [2.75, 3.05) is 0 Å². The topological polar surface area (TPSA) is 95.7 Å². The molecule has 0 unspecified atom stereocenters. The van der Waals surface area contributed by atoms with Gasteiger partial charge in [-0.1, -0.05) is 0 Å². The normalized spacial score (nSPS) is 13.4. The van der Waals surface area contributed by atoms with Gasteiger partial charge in [-0.05, 0) is 8.91 Å². The van der Waals surface area contributed by atoms with Crippen molar-refractivity contribution in [2.24, 2.45) is 5.73 Å². The third-order valence-corrected chi connectivity index (χ3v) is 2.62. The molecule has 0 aliphatic rings. The minimum atomic E-state index is -5.76. The number of amides is 1. The lowest BCUT2D eigenvalue weighted by molar-refractivity contribution is -0.266. The van der Waals surface area contributed by atoms with Crippen LogP contribution in [0.3, 0.4) is 0 Å². The molecule has 0 aromatic heterocycles. The molecule has 0 aromatic rings. The zero-order valence-electron chi connectivity index (χ0n) is 8.43. The molecule has 0 atom stereocenters. The monoisotopic (exact) mass is 563 g/mol. The van der Waals surface area contributed by atoms with E-state index in [4.69, 9.17) is 0 Å². The number of carbonyl (C=O) groups is 1. The van der Waals surface area contributed by atoms with Gasteiger partial charge < -0.3 is 5.73 Å². The molecule has 20 heavy (non-hydrogen) atoms. The van der Waals surface area contributed by atoms with Gasteiger partial charge in [0.2, 0.25) is 0 Å². The first-order chi connectivity index (χ1) is 8.46. The Morgan fingerprint density at radius 2 is 1.35 bits per heavy atom. The standard InChI is InChI=1S/C2F5IO4S.C2H2F2INO/c3-1(4,8)2(5,6)11-13(9,10)12-7;3-2(4,5)1(6)7/h;(H2,6,7). The molecule has 6 nitrogen and oxygen atoms in total. The fraction of sp³-hybridized carbons (Fsp3) is 0.750. The van der Waals surface area contributed by atoms with E-state index in [0.29, 0.717) is 22.6 Å². The summed E-state index contributed by atoms with van der Waals surface area (Å²) >= 11 is 0.584. The second kappa shape index (κ2) is 7.54. The zero-order chi connectivity index (χ0) is 17.0. The van der Waals surface area contributed by atoms with Crippen LogP contribution in [0.15, 0.2) is 0 Å². The Labute approximate surface area is 133 Å². The Bertz CT molecular complexity index is 431. The Morgan fingerprint density at radius 3 is 1.50 bits per heavy atom. The number of alkyl halides is 8. The molecule has 0 heterocycles. The van der Waals surface area contributed by atoms with Crippen molar-refractivity contribution in [3.63, 3.8) is 0 Å². The first kappa shape index (κ1) is 22.6. The van der Waals surface area contributed by atoms with Gasteiger partial charge in [0.1, 0.15) is 0 Å². The van der Waals surface area contributed by atoms with Gasteiger partial charge >= 0.3 is 24.4 Å². The highest BCUT2D eigenvalue weighted by Crippen LogP contribution is 2.41. The van der Waals surface area contributed by atoms with E-state index in [9.17, 15) is 44.1 Å². The Balaban J connectivity index is 0. The van der Waals surface area contributed by atoms with Gasteiger partial charge in [-0.2, -0.15) is 38.9 Å². The van der Waals surface area contributed by atoms with Crippen LogP contribution in [0.1, 0.15) is 0 Å².